The summed E-state index contributed by atoms with van der Waals surface area (Å²) in [5.74, 6) is 0.321. The summed E-state index contributed by atoms with van der Waals surface area (Å²) in [4.78, 5) is 24.8. The first-order valence-corrected chi connectivity index (χ1v) is 7.07. The number of hydrogen-bond acceptors (Lipinski definition) is 5. The molecular formula is C16H23NO5. The van der Waals surface area contributed by atoms with Crippen LogP contribution < -0.4 is 4.74 Å². The van der Waals surface area contributed by atoms with Crippen LogP contribution in [0.5, 0.6) is 5.75 Å². The van der Waals surface area contributed by atoms with E-state index in [1.54, 1.807) is 12.0 Å². The minimum Gasteiger partial charge on any atom is -0.497 e. The lowest BCUT2D eigenvalue weighted by Crippen LogP contribution is -2.37. The van der Waals surface area contributed by atoms with Crippen LogP contribution in [0.25, 0.3) is 0 Å². The highest BCUT2D eigenvalue weighted by Crippen LogP contribution is 2.12. The largest absolute Gasteiger partial charge is 0.497 e. The third-order valence-corrected chi connectivity index (χ3v) is 3.26. The van der Waals surface area contributed by atoms with Gasteiger partial charge in [0.1, 0.15) is 12.4 Å². The van der Waals surface area contributed by atoms with Crippen LogP contribution in [0, 0.1) is 0 Å². The second-order valence-electron chi connectivity index (χ2n) is 4.74. The van der Waals surface area contributed by atoms with Gasteiger partial charge in [0.05, 0.1) is 20.6 Å². The molecule has 0 saturated carbocycles. The summed E-state index contributed by atoms with van der Waals surface area (Å²) in [6.07, 6.45) is 0.870. The molecular weight excluding hydrogens is 286 g/mol. The van der Waals surface area contributed by atoms with E-state index in [9.17, 15) is 9.59 Å². The number of carbonyl (C=O) groups excluding carboxylic acids is 2. The Bertz CT molecular complexity index is 472. The van der Waals surface area contributed by atoms with Gasteiger partial charge in [0, 0.05) is 20.2 Å². The summed E-state index contributed by atoms with van der Waals surface area (Å²) in [6, 6.07) is 7.67. The van der Waals surface area contributed by atoms with Crippen LogP contribution in [-0.2, 0) is 25.5 Å². The summed E-state index contributed by atoms with van der Waals surface area (Å²) in [5.41, 5.74) is 1.09. The average Bonchev–Trinajstić information content (AvgIpc) is 2.55. The van der Waals surface area contributed by atoms with E-state index in [1.807, 2.05) is 24.3 Å². The molecule has 122 valence electrons. The van der Waals surface area contributed by atoms with Crippen LogP contribution in [-0.4, -0.2) is 57.8 Å². The zero-order chi connectivity index (χ0) is 16.4. The van der Waals surface area contributed by atoms with Crippen LogP contribution in [0.2, 0.25) is 0 Å². The van der Waals surface area contributed by atoms with Crippen LogP contribution >= 0.6 is 0 Å². The first-order valence-electron chi connectivity index (χ1n) is 7.07. The van der Waals surface area contributed by atoms with Gasteiger partial charge in [-0.2, -0.15) is 0 Å². The summed E-state index contributed by atoms with van der Waals surface area (Å²) in [7, 11) is 4.42. The number of ether oxygens (including phenoxy) is 3. The molecule has 22 heavy (non-hydrogen) atoms. The maximum atomic E-state index is 12.0. The van der Waals surface area contributed by atoms with Gasteiger partial charge in [0.15, 0.2) is 0 Å². The molecule has 0 atom stereocenters. The van der Waals surface area contributed by atoms with Gasteiger partial charge in [-0.1, -0.05) is 12.1 Å². The fourth-order valence-corrected chi connectivity index (χ4v) is 1.96. The molecule has 0 aliphatic carbocycles. The van der Waals surface area contributed by atoms with Crippen LogP contribution in [0.4, 0.5) is 0 Å². The molecule has 0 saturated heterocycles. The van der Waals surface area contributed by atoms with Crippen LogP contribution in [0.3, 0.4) is 0 Å². The van der Waals surface area contributed by atoms with E-state index in [2.05, 4.69) is 4.74 Å². The average molecular weight is 309 g/mol. The van der Waals surface area contributed by atoms with E-state index >= 15 is 0 Å². The van der Waals surface area contributed by atoms with Crippen molar-refractivity contribution in [3.05, 3.63) is 29.8 Å². The zero-order valence-electron chi connectivity index (χ0n) is 13.3. The van der Waals surface area contributed by atoms with E-state index in [0.29, 0.717) is 19.5 Å². The Morgan fingerprint density at radius 1 is 1.05 bits per heavy atom. The molecule has 0 unspecified atom stereocenters. The Morgan fingerprint density at radius 2 is 1.73 bits per heavy atom. The molecule has 0 bridgehead atoms. The predicted molar refractivity (Wildman–Crippen MR) is 81.8 cm³/mol. The van der Waals surface area contributed by atoms with Crippen molar-refractivity contribution in [1.82, 2.24) is 4.90 Å². The number of rotatable bonds is 9. The monoisotopic (exact) mass is 309 g/mol. The van der Waals surface area contributed by atoms with Crippen LogP contribution in [0.15, 0.2) is 24.3 Å². The van der Waals surface area contributed by atoms with Gasteiger partial charge in [-0.15, -0.1) is 0 Å². The fourth-order valence-electron chi connectivity index (χ4n) is 1.96. The Balaban J connectivity index is 2.58. The normalized spacial score (nSPS) is 10.1. The zero-order valence-corrected chi connectivity index (χ0v) is 13.3. The van der Waals surface area contributed by atoms with Crippen molar-refractivity contribution in [3.63, 3.8) is 0 Å². The molecule has 6 nitrogen and oxygen atoms in total. The number of carbonyl (C=O) groups is 2. The van der Waals surface area contributed by atoms with Crippen molar-refractivity contribution >= 4 is 11.9 Å². The number of amides is 1. The standard InChI is InChI=1S/C16H23NO5/c1-20-12-15(18)17(11-9-16(19)22-3)10-8-13-4-6-14(21-2)7-5-13/h4-7H,8-12H2,1-3H3. The van der Waals surface area contributed by atoms with E-state index in [4.69, 9.17) is 9.47 Å². The Kier molecular flexibility index (Phi) is 7.99. The number of hydrogen-bond donors (Lipinski definition) is 0. The third-order valence-electron chi connectivity index (χ3n) is 3.26. The topological polar surface area (TPSA) is 65.1 Å². The van der Waals surface area contributed by atoms with Gasteiger partial charge < -0.3 is 19.1 Å². The van der Waals surface area contributed by atoms with Gasteiger partial charge in [-0.25, -0.2) is 0 Å². The highest BCUT2D eigenvalue weighted by atomic mass is 16.5. The van der Waals surface area contributed by atoms with Gasteiger partial charge >= 0.3 is 5.97 Å². The maximum absolute atomic E-state index is 12.0. The van der Waals surface area contributed by atoms with Crippen molar-refractivity contribution in [2.75, 3.05) is 41.0 Å². The SMILES string of the molecule is COCC(=O)N(CCC(=O)OC)CCc1ccc(OC)cc1. The first kappa shape index (κ1) is 18.0. The van der Waals surface area contributed by atoms with Crippen LogP contribution in [0.1, 0.15) is 12.0 Å². The lowest BCUT2D eigenvalue weighted by Gasteiger charge is -2.22. The Hall–Kier alpha value is -2.08. The van der Waals surface area contributed by atoms with Crippen molar-refractivity contribution < 1.29 is 23.8 Å². The minimum atomic E-state index is -0.334. The molecule has 1 rings (SSSR count). The molecule has 6 heteroatoms. The Morgan fingerprint density at radius 3 is 2.27 bits per heavy atom. The molecule has 0 heterocycles. The quantitative estimate of drug-likeness (QED) is 0.643. The lowest BCUT2D eigenvalue weighted by atomic mass is 10.1. The molecule has 1 aromatic rings. The Labute approximate surface area is 131 Å². The molecule has 0 N–H and O–H groups in total. The summed E-state index contributed by atoms with van der Waals surface area (Å²) in [6.45, 7) is 0.848. The van der Waals surface area contributed by atoms with Gasteiger partial charge in [-0.05, 0) is 24.1 Å². The summed E-state index contributed by atoms with van der Waals surface area (Å²) < 4.78 is 14.6. The lowest BCUT2D eigenvalue weighted by molar-refractivity contribution is -0.142. The third kappa shape index (κ3) is 6.13. The van der Waals surface area contributed by atoms with E-state index in [0.717, 1.165) is 11.3 Å². The number of esters is 1. The number of nitrogens with zero attached hydrogens (tertiary/aromatic N) is 1. The number of benzene rings is 1. The van der Waals surface area contributed by atoms with E-state index < -0.39 is 0 Å². The fraction of sp³-hybridized carbons (Fsp3) is 0.500. The maximum Gasteiger partial charge on any atom is 0.307 e. The van der Waals surface area contributed by atoms with Crippen molar-refractivity contribution in [3.8, 4) is 5.75 Å². The van der Waals surface area contributed by atoms with Gasteiger partial charge in [-0.3, -0.25) is 9.59 Å². The smallest absolute Gasteiger partial charge is 0.307 e. The van der Waals surface area contributed by atoms with Gasteiger partial charge in [0.2, 0.25) is 5.91 Å². The predicted octanol–water partition coefficient (Wildman–Crippen LogP) is 1.28. The number of methoxy groups -OCH3 is 3. The highest BCUT2D eigenvalue weighted by molar-refractivity contribution is 5.78. The molecule has 1 aromatic carbocycles. The molecule has 0 spiro atoms. The summed E-state index contributed by atoms with van der Waals surface area (Å²) in [5, 5.41) is 0. The summed E-state index contributed by atoms with van der Waals surface area (Å²) >= 11 is 0. The molecule has 0 radical (unpaired) electrons. The molecule has 0 aliphatic heterocycles. The highest BCUT2D eigenvalue weighted by Gasteiger charge is 2.15. The molecule has 0 aliphatic rings. The second kappa shape index (κ2) is 9.78. The van der Waals surface area contributed by atoms with Gasteiger partial charge in [0.25, 0.3) is 0 Å². The van der Waals surface area contributed by atoms with E-state index in [1.165, 1.54) is 14.2 Å². The van der Waals surface area contributed by atoms with Crippen molar-refractivity contribution in [2.45, 2.75) is 12.8 Å². The van der Waals surface area contributed by atoms with E-state index in [-0.39, 0.29) is 24.9 Å². The minimum absolute atomic E-state index is 0.00376. The molecule has 0 aromatic heterocycles. The molecule has 1 amide bonds. The first-order chi connectivity index (χ1) is 10.6. The van der Waals surface area contributed by atoms with Crippen molar-refractivity contribution in [1.29, 1.82) is 0 Å². The second-order valence-corrected chi connectivity index (χ2v) is 4.74. The van der Waals surface area contributed by atoms with Crippen molar-refractivity contribution in [2.24, 2.45) is 0 Å². The molecule has 0 fully saturated rings.